The number of hydrogen-bond acceptors (Lipinski definition) is 2. The molecule has 20 heavy (non-hydrogen) atoms. The Hall–Kier alpha value is -2.11. The third-order valence-electron chi connectivity index (χ3n) is 3.45. The highest BCUT2D eigenvalue weighted by Crippen LogP contribution is 2.24. The molecule has 0 aromatic heterocycles. The maximum atomic E-state index is 13.5. The molecule has 1 fully saturated rings. The summed E-state index contributed by atoms with van der Waals surface area (Å²) in [6.07, 6.45) is 3.54. The second kappa shape index (κ2) is 6.36. The normalized spacial score (nSPS) is 15.1. The Kier molecular flexibility index (Phi) is 4.55. The largest absolute Gasteiger partial charge is 0.480 e. The lowest BCUT2D eigenvalue weighted by molar-refractivity contribution is -0.138. The van der Waals surface area contributed by atoms with Gasteiger partial charge in [0.1, 0.15) is 12.4 Å². The number of rotatable bonds is 4. The van der Waals surface area contributed by atoms with E-state index in [2.05, 4.69) is 5.32 Å². The number of benzene rings is 1. The van der Waals surface area contributed by atoms with E-state index in [0.717, 1.165) is 25.7 Å². The Morgan fingerprint density at radius 2 is 1.95 bits per heavy atom. The maximum absolute atomic E-state index is 13.5. The second-order valence-electron chi connectivity index (χ2n) is 4.87. The minimum absolute atomic E-state index is 0.0610. The van der Waals surface area contributed by atoms with Crippen LogP contribution in [0.5, 0.6) is 0 Å². The van der Waals surface area contributed by atoms with Crippen molar-refractivity contribution in [1.29, 1.82) is 0 Å². The van der Waals surface area contributed by atoms with Crippen molar-refractivity contribution in [2.24, 2.45) is 0 Å². The van der Waals surface area contributed by atoms with Crippen LogP contribution < -0.4 is 5.32 Å². The average Bonchev–Trinajstić information content (AvgIpc) is 2.92. The number of para-hydroxylation sites is 1. The van der Waals surface area contributed by atoms with Crippen molar-refractivity contribution in [2.45, 2.75) is 31.7 Å². The van der Waals surface area contributed by atoms with Gasteiger partial charge in [-0.3, -0.25) is 4.79 Å². The van der Waals surface area contributed by atoms with Crippen LogP contribution in [0.25, 0.3) is 0 Å². The Morgan fingerprint density at radius 1 is 1.30 bits per heavy atom. The van der Waals surface area contributed by atoms with E-state index in [9.17, 15) is 14.0 Å². The van der Waals surface area contributed by atoms with Crippen LogP contribution >= 0.6 is 0 Å². The SMILES string of the molecule is O=C(O)CN(C(=O)Nc1ccccc1F)C1CCCC1. The molecule has 1 aliphatic carbocycles. The fraction of sp³-hybridized carbons (Fsp3) is 0.429. The number of carbonyl (C=O) groups is 2. The van der Waals surface area contributed by atoms with E-state index >= 15 is 0 Å². The lowest BCUT2D eigenvalue weighted by Crippen LogP contribution is -2.44. The molecular weight excluding hydrogens is 263 g/mol. The summed E-state index contributed by atoms with van der Waals surface area (Å²) in [6.45, 7) is -0.370. The summed E-state index contributed by atoms with van der Waals surface area (Å²) in [5.74, 6) is -1.61. The van der Waals surface area contributed by atoms with Crippen LogP contribution in [-0.2, 0) is 4.79 Å². The highest BCUT2D eigenvalue weighted by Gasteiger charge is 2.28. The number of carboxylic acid groups (broad SMARTS) is 1. The van der Waals surface area contributed by atoms with Crippen LogP contribution in [0.4, 0.5) is 14.9 Å². The second-order valence-corrected chi connectivity index (χ2v) is 4.87. The predicted molar refractivity (Wildman–Crippen MR) is 72.0 cm³/mol. The van der Waals surface area contributed by atoms with Crippen molar-refractivity contribution < 1.29 is 19.1 Å². The Bertz CT molecular complexity index is 501. The highest BCUT2D eigenvalue weighted by atomic mass is 19.1. The third kappa shape index (κ3) is 3.46. The van der Waals surface area contributed by atoms with E-state index < -0.39 is 17.8 Å². The van der Waals surface area contributed by atoms with Crippen molar-refractivity contribution in [3.8, 4) is 0 Å². The molecule has 0 bridgehead atoms. The number of amides is 2. The van der Waals surface area contributed by atoms with Crippen LogP contribution in [0.3, 0.4) is 0 Å². The van der Waals surface area contributed by atoms with Crippen molar-refractivity contribution in [2.75, 3.05) is 11.9 Å². The summed E-state index contributed by atoms with van der Waals surface area (Å²) in [4.78, 5) is 24.3. The summed E-state index contributed by atoms with van der Waals surface area (Å²) in [7, 11) is 0. The molecule has 1 aromatic carbocycles. The number of anilines is 1. The van der Waals surface area contributed by atoms with Gasteiger partial charge in [0.2, 0.25) is 0 Å². The van der Waals surface area contributed by atoms with Gasteiger partial charge >= 0.3 is 12.0 Å². The van der Waals surface area contributed by atoms with Gasteiger partial charge in [-0.05, 0) is 25.0 Å². The Labute approximate surface area is 116 Å². The van der Waals surface area contributed by atoms with Crippen molar-refractivity contribution in [3.63, 3.8) is 0 Å². The summed E-state index contributed by atoms with van der Waals surface area (Å²) < 4.78 is 13.5. The van der Waals surface area contributed by atoms with E-state index in [0.29, 0.717) is 0 Å². The number of urea groups is 1. The monoisotopic (exact) mass is 280 g/mol. The van der Waals surface area contributed by atoms with Crippen molar-refractivity contribution >= 4 is 17.7 Å². The van der Waals surface area contributed by atoms with Crippen LogP contribution in [0.1, 0.15) is 25.7 Å². The van der Waals surface area contributed by atoms with Crippen molar-refractivity contribution in [1.82, 2.24) is 4.90 Å². The molecule has 1 saturated carbocycles. The molecule has 0 radical (unpaired) electrons. The minimum Gasteiger partial charge on any atom is -0.480 e. The van der Waals surface area contributed by atoms with Gasteiger partial charge in [0.25, 0.3) is 0 Å². The van der Waals surface area contributed by atoms with Gasteiger partial charge < -0.3 is 15.3 Å². The smallest absolute Gasteiger partial charge is 0.323 e. The zero-order valence-corrected chi connectivity index (χ0v) is 11.0. The van der Waals surface area contributed by atoms with E-state index in [4.69, 9.17) is 5.11 Å². The molecule has 1 aromatic rings. The van der Waals surface area contributed by atoms with Gasteiger partial charge in [-0.1, -0.05) is 25.0 Å². The van der Waals surface area contributed by atoms with Gasteiger partial charge in [-0.2, -0.15) is 0 Å². The Balaban J connectivity index is 2.09. The highest BCUT2D eigenvalue weighted by molar-refractivity contribution is 5.91. The summed E-state index contributed by atoms with van der Waals surface area (Å²) in [5, 5.41) is 11.4. The lowest BCUT2D eigenvalue weighted by atomic mass is 10.2. The molecule has 0 heterocycles. The molecular formula is C14H17FN2O3. The maximum Gasteiger partial charge on any atom is 0.323 e. The van der Waals surface area contributed by atoms with E-state index in [1.54, 1.807) is 6.07 Å². The van der Waals surface area contributed by atoms with E-state index in [-0.39, 0.29) is 18.3 Å². The van der Waals surface area contributed by atoms with Gasteiger partial charge in [0.05, 0.1) is 5.69 Å². The fourth-order valence-electron chi connectivity index (χ4n) is 2.48. The van der Waals surface area contributed by atoms with Crippen LogP contribution in [0, 0.1) is 5.82 Å². The molecule has 6 heteroatoms. The molecule has 0 atom stereocenters. The summed E-state index contributed by atoms with van der Waals surface area (Å²) >= 11 is 0. The van der Waals surface area contributed by atoms with Crippen molar-refractivity contribution in [3.05, 3.63) is 30.1 Å². The molecule has 0 unspecified atom stereocenters. The minimum atomic E-state index is -1.07. The molecule has 0 aliphatic heterocycles. The first-order valence-corrected chi connectivity index (χ1v) is 6.62. The molecule has 2 amide bonds. The number of halogens is 1. The first-order chi connectivity index (χ1) is 9.58. The number of nitrogens with one attached hydrogen (secondary N) is 1. The topological polar surface area (TPSA) is 69.6 Å². The Morgan fingerprint density at radius 3 is 2.55 bits per heavy atom. The first kappa shape index (κ1) is 14.3. The zero-order valence-electron chi connectivity index (χ0n) is 11.0. The number of aliphatic carboxylic acids is 1. The number of carboxylic acids is 1. The number of carbonyl (C=O) groups excluding carboxylic acids is 1. The third-order valence-corrected chi connectivity index (χ3v) is 3.45. The fourth-order valence-corrected chi connectivity index (χ4v) is 2.48. The van der Waals surface area contributed by atoms with Crippen LogP contribution in [0.2, 0.25) is 0 Å². The molecule has 1 aliphatic rings. The van der Waals surface area contributed by atoms with Crippen LogP contribution in [-0.4, -0.2) is 34.6 Å². The molecule has 0 saturated heterocycles. The van der Waals surface area contributed by atoms with Gasteiger partial charge in [-0.15, -0.1) is 0 Å². The quantitative estimate of drug-likeness (QED) is 0.890. The molecule has 5 nitrogen and oxygen atoms in total. The first-order valence-electron chi connectivity index (χ1n) is 6.62. The van der Waals surface area contributed by atoms with E-state index in [1.165, 1.54) is 23.1 Å². The van der Waals surface area contributed by atoms with Gasteiger partial charge in [0, 0.05) is 6.04 Å². The van der Waals surface area contributed by atoms with Gasteiger partial charge in [0.15, 0.2) is 0 Å². The van der Waals surface area contributed by atoms with E-state index in [1.807, 2.05) is 0 Å². The lowest BCUT2D eigenvalue weighted by Gasteiger charge is -2.27. The number of nitrogens with zero attached hydrogens (tertiary/aromatic N) is 1. The van der Waals surface area contributed by atoms with Crippen LogP contribution in [0.15, 0.2) is 24.3 Å². The molecule has 0 spiro atoms. The zero-order chi connectivity index (χ0) is 14.5. The predicted octanol–water partition coefficient (Wildman–Crippen LogP) is 2.69. The molecule has 2 N–H and O–H groups in total. The number of hydrogen-bond donors (Lipinski definition) is 2. The molecule has 2 rings (SSSR count). The molecule has 108 valence electrons. The van der Waals surface area contributed by atoms with Gasteiger partial charge in [-0.25, -0.2) is 9.18 Å². The standard InChI is InChI=1S/C14H17FN2O3/c15-11-7-3-4-8-12(11)16-14(20)17(9-13(18)19)10-5-1-2-6-10/h3-4,7-8,10H,1-2,5-6,9H2,(H,16,20)(H,18,19). The summed E-state index contributed by atoms with van der Waals surface area (Å²) in [5.41, 5.74) is 0.0610. The average molecular weight is 280 g/mol. The summed E-state index contributed by atoms with van der Waals surface area (Å²) in [6, 6.07) is 5.17.